The van der Waals surface area contributed by atoms with E-state index in [-0.39, 0.29) is 35.5 Å². The molecular weight excluding hydrogens is 404 g/mol. The number of piperidine rings is 2. The van der Waals surface area contributed by atoms with Gasteiger partial charge in [-0.1, -0.05) is 30.2 Å². The van der Waals surface area contributed by atoms with Gasteiger partial charge in [0.25, 0.3) is 5.91 Å². The van der Waals surface area contributed by atoms with Crippen molar-refractivity contribution in [3.05, 3.63) is 63.5 Å². The van der Waals surface area contributed by atoms with E-state index in [0.717, 1.165) is 32.1 Å². The number of anilines is 1. The molecule has 4 rings (SSSR count). The van der Waals surface area contributed by atoms with Crippen molar-refractivity contribution >= 4 is 29.1 Å². The zero-order chi connectivity index (χ0) is 21.1. The van der Waals surface area contributed by atoms with Crippen molar-refractivity contribution in [1.82, 2.24) is 15.2 Å². The first-order valence-corrected chi connectivity index (χ1v) is 10.7. The molecule has 2 bridgehead atoms. The van der Waals surface area contributed by atoms with Crippen LogP contribution in [0.2, 0.25) is 5.02 Å². The van der Waals surface area contributed by atoms with Crippen LogP contribution >= 0.6 is 11.6 Å². The van der Waals surface area contributed by atoms with Gasteiger partial charge in [-0.15, -0.1) is 0 Å². The van der Waals surface area contributed by atoms with Gasteiger partial charge in [0, 0.05) is 30.4 Å². The zero-order valence-corrected chi connectivity index (χ0v) is 17.3. The predicted octanol–water partition coefficient (Wildman–Crippen LogP) is 2.78. The molecule has 158 valence electrons. The molecule has 2 saturated heterocycles. The zero-order valence-electron chi connectivity index (χ0n) is 16.6. The summed E-state index contributed by atoms with van der Waals surface area (Å²) >= 11 is 6.15. The molecule has 30 heavy (non-hydrogen) atoms. The van der Waals surface area contributed by atoms with Gasteiger partial charge in [-0.05, 0) is 43.9 Å². The van der Waals surface area contributed by atoms with E-state index in [9.17, 15) is 14.4 Å². The maximum Gasteiger partial charge on any atom is 0.252 e. The average Bonchev–Trinajstić information content (AvgIpc) is 2.71. The van der Waals surface area contributed by atoms with Crippen LogP contribution in [0, 0.1) is 0 Å². The van der Waals surface area contributed by atoms with Crippen molar-refractivity contribution in [2.24, 2.45) is 0 Å². The lowest BCUT2D eigenvalue weighted by Crippen LogP contribution is -2.58. The molecule has 0 aliphatic carbocycles. The second-order valence-electron chi connectivity index (χ2n) is 8.02. The molecule has 8 heteroatoms. The number of aromatic amines is 1. The first-order chi connectivity index (χ1) is 14.5. The number of halogens is 1. The fourth-order valence-electron chi connectivity index (χ4n) is 4.59. The molecule has 0 saturated carbocycles. The molecule has 0 radical (unpaired) electrons. The Bertz CT molecular complexity index is 958. The van der Waals surface area contributed by atoms with Crippen molar-refractivity contribution in [3.63, 3.8) is 0 Å². The summed E-state index contributed by atoms with van der Waals surface area (Å²) in [5.41, 5.74) is 0.836. The summed E-state index contributed by atoms with van der Waals surface area (Å²) in [6.45, 7) is 0.321. The Hall–Kier alpha value is -2.64. The quantitative estimate of drug-likeness (QED) is 0.682. The van der Waals surface area contributed by atoms with E-state index in [1.165, 1.54) is 18.3 Å². The van der Waals surface area contributed by atoms with E-state index < -0.39 is 0 Å². The predicted molar refractivity (Wildman–Crippen MR) is 116 cm³/mol. The highest BCUT2D eigenvalue weighted by molar-refractivity contribution is 6.33. The van der Waals surface area contributed by atoms with Crippen LogP contribution in [0.4, 0.5) is 5.69 Å². The molecule has 3 N–H and O–H groups in total. The van der Waals surface area contributed by atoms with Gasteiger partial charge in [0.15, 0.2) is 0 Å². The van der Waals surface area contributed by atoms with Crippen LogP contribution in [0.1, 0.15) is 42.5 Å². The molecule has 2 aromatic rings. The summed E-state index contributed by atoms with van der Waals surface area (Å²) in [6, 6.07) is 10.7. The lowest BCUT2D eigenvalue weighted by atomic mass is 9.81. The second kappa shape index (κ2) is 9.02. The number of nitrogens with one attached hydrogen (secondary N) is 3. The van der Waals surface area contributed by atoms with E-state index >= 15 is 0 Å². The van der Waals surface area contributed by atoms with E-state index in [1.54, 1.807) is 12.1 Å². The Morgan fingerprint density at radius 1 is 1.10 bits per heavy atom. The highest BCUT2D eigenvalue weighted by Crippen LogP contribution is 2.34. The Labute approximate surface area is 179 Å². The number of aromatic nitrogens is 1. The van der Waals surface area contributed by atoms with E-state index in [4.69, 9.17) is 11.6 Å². The van der Waals surface area contributed by atoms with E-state index in [0.29, 0.717) is 22.8 Å². The fraction of sp³-hybridized carbons (Fsp3) is 0.409. The SMILES string of the molecule is O=C(CN1C2CCCC1CC(NC(=O)c1ccc(=O)[nH]c1)C2)Nc1ccccc1Cl. The summed E-state index contributed by atoms with van der Waals surface area (Å²) in [7, 11) is 0. The third-order valence-electron chi connectivity index (χ3n) is 5.98. The molecule has 2 unspecified atom stereocenters. The highest BCUT2D eigenvalue weighted by atomic mass is 35.5. The molecule has 2 atom stereocenters. The van der Waals surface area contributed by atoms with Crippen LogP contribution in [-0.2, 0) is 4.79 Å². The van der Waals surface area contributed by atoms with Crippen LogP contribution in [0.3, 0.4) is 0 Å². The number of para-hydroxylation sites is 1. The maximum atomic E-state index is 12.6. The second-order valence-corrected chi connectivity index (χ2v) is 8.43. The molecule has 1 aromatic heterocycles. The van der Waals surface area contributed by atoms with Crippen molar-refractivity contribution in [2.75, 3.05) is 11.9 Å². The van der Waals surface area contributed by atoms with Crippen molar-refractivity contribution < 1.29 is 9.59 Å². The number of carbonyl (C=O) groups excluding carboxylic acids is 2. The third-order valence-corrected chi connectivity index (χ3v) is 6.31. The van der Waals surface area contributed by atoms with Crippen LogP contribution in [0.15, 0.2) is 47.4 Å². The minimum absolute atomic E-state index is 0.0580. The van der Waals surface area contributed by atoms with Gasteiger partial charge >= 0.3 is 0 Å². The monoisotopic (exact) mass is 428 g/mol. The smallest absolute Gasteiger partial charge is 0.252 e. The van der Waals surface area contributed by atoms with E-state index in [1.807, 2.05) is 12.1 Å². The number of nitrogens with zero attached hydrogens (tertiary/aromatic N) is 1. The molecule has 1 aromatic carbocycles. The summed E-state index contributed by atoms with van der Waals surface area (Å²) in [4.78, 5) is 41.1. The minimum atomic E-state index is -0.232. The summed E-state index contributed by atoms with van der Waals surface area (Å²) in [5.74, 6) is -0.255. The average molecular weight is 429 g/mol. The normalized spacial score (nSPS) is 23.6. The largest absolute Gasteiger partial charge is 0.349 e. The first-order valence-electron chi connectivity index (χ1n) is 10.3. The lowest BCUT2D eigenvalue weighted by molar-refractivity contribution is -0.120. The molecule has 3 heterocycles. The van der Waals surface area contributed by atoms with Gasteiger partial charge in [-0.2, -0.15) is 0 Å². The van der Waals surface area contributed by atoms with Crippen LogP contribution in [0.5, 0.6) is 0 Å². The summed E-state index contributed by atoms with van der Waals surface area (Å²) in [6.07, 6.45) is 6.23. The number of carbonyl (C=O) groups is 2. The van der Waals surface area contributed by atoms with Crippen LogP contribution in [0.25, 0.3) is 0 Å². The van der Waals surface area contributed by atoms with Crippen LogP contribution in [-0.4, -0.2) is 46.4 Å². The molecule has 2 amide bonds. The third kappa shape index (κ3) is 4.74. The number of H-pyrrole nitrogens is 1. The Morgan fingerprint density at radius 2 is 1.83 bits per heavy atom. The number of pyridine rings is 1. The topological polar surface area (TPSA) is 94.3 Å². The van der Waals surface area contributed by atoms with Gasteiger partial charge in [0.05, 0.1) is 22.8 Å². The lowest BCUT2D eigenvalue weighted by Gasteiger charge is -2.48. The van der Waals surface area contributed by atoms with Gasteiger partial charge in [-0.3, -0.25) is 19.3 Å². The van der Waals surface area contributed by atoms with E-state index in [2.05, 4.69) is 20.5 Å². The van der Waals surface area contributed by atoms with Gasteiger partial charge in [0.1, 0.15) is 0 Å². The fourth-order valence-corrected chi connectivity index (χ4v) is 4.78. The Morgan fingerprint density at radius 3 is 2.50 bits per heavy atom. The molecule has 7 nitrogen and oxygen atoms in total. The number of rotatable bonds is 5. The summed E-state index contributed by atoms with van der Waals surface area (Å²) < 4.78 is 0. The maximum absolute atomic E-state index is 12.6. The van der Waals surface area contributed by atoms with Crippen molar-refractivity contribution in [1.29, 1.82) is 0 Å². The molecule has 2 fully saturated rings. The van der Waals surface area contributed by atoms with Crippen molar-refractivity contribution in [2.45, 2.75) is 50.2 Å². The molecular formula is C22H25ClN4O3. The van der Waals surface area contributed by atoms with Gasteiger partial charge in [-0.25, -0.2) is 0 Å². The van der Waals surface area contributed by atoms with Gasteiger partial charge in [0.2, 0.25) is 11.5 Å². The number of benzene rings is 1. The summed E-state index contributed by atoms with van der Waals surface area (Å²) in [5, 5.41) is 6.53. The number of amides is 2. The molecule has 2 aliphatic heterocycles. The van der Waals surface area contributed by atoms with Crippen LogP contribution < -0.4 is 16.2 Å². The Balaban J connectivity index is 1.37. The number of fused-ring (bicyclic) bond motifs is 2. The minimum Gasteiger partial charge on any atom is -0.349 e. The number of hydrogen-bond donors (Lipinski definition) is 3. The standard InChI is InChI=1S/C22H25ClN4O3/c23-18-6-1-2-7-19(18)26-21(29)13-27-16-4-3-5-17(27)11-15(10-16)25-22(30)14-8-9-20(28)24-12-14/h1-2,6-9,12,15-17H,3-5,10-11,13H2,(H,24,28)(H,25,30)(H,26,29). The Kier molecular flexibility index (Phi) is 6.20. The van der Waals surface area contributed by atoms with Gasteiger partial charge < -0.3 is 15.6 Å². The molecule has 2 aliphatic rings. The molecule has 0 spiro atoms. The first kappa shape index (κ1) is 20.6. The highest BCUT2D eigenvalue weighted by Gasteiger charge is 2.39. The van der Waals surface area contributed by atoms with Crippen molar-refractivity contribution in [3.8, 4) is 0 Å². The number of hydrogen-bond acceptors (Lipinski definition) is 4.